The zero-order chi connectivity index (χ0) is 28.1. The molecular formula is C33H41N5O2. The van der Waals surface area contributed by atoms with Gasteiger partial charge >= 0.3 is 0 Å². The highest BCUT2D eigenvalue weighted by molar-refractivity contribution is 6.04. The summed E-state index contributed by atoms with van der Waals surface area (Å²) in [7, 11) is 0. The Bertz CT molecular complexity index is 1290. The number of hydrogen-bond acceptors (Lipinski definition) is 5. The summed E-state index contributed by atoms with van der Waals surface area (Å²) in [6.45, 7) is 13.0. The van der Waals surface area contributed by atoms with Gasteiger partial charge in [0, 0.05) is 61.9 Å². The van der Waals surface area contributed by atoms with Crippen molar-refractivity contribution in [1.29, 1.82) is 0 Å². The van der Waals surface area contributed by atoms with Crippen molar-refractivity contribution in [1.82, 2.24) is 14.8 Å². The minimum atomic E-state index is -0.0983. The van der Waals surface area contributed by atoms with Crippen LogP contribution in [0.1, 0.15) is 69.8 Å². The third-order valence-corrected chi connectivity index (χ3v) is 8.15. The third-order valence-electron chi connectivity index (χ3n) is 8.15. The SMILES string of the molecule is CCCN1CCN(c2ccc(C(=O)Nc3ccc(C4CCN(C(=O)c5cc(C)cc(C)n5)CC4)cc3)cc2)CC1. The molecule has 2 aliphatic heterocycles. The van der Waals surface area contributed by atoms with Crippen LogP contribution in [0.25, 0.3) is 0 Å². The molecule has 2 amide bonds. The van der Waals surface area contributed by atoms with Crippen LogP contribution < -0.4 is 10.2 Å². The zero-order valence-electron chi connectivity index (χ0n) is 24.0. The van der Waals surface area contributed by atoms with Crippen LogP contribution in [0, 0.1) is 13.8 Å². The Kier molecular flexibility index (Phi) is 8.80. The van der Waals surface area contributed by atoms with Crippen molar-refractivity contribution in [3.8, 4) is 0 Å². The fourth-order valence-electron chi connectivity index (χ4n) is 5.94. The van der Waals surface area contributed by atoms with E-state index in [4.69, 9.17) is 0 Å². The normalized spacial score (nSPS) is 16.7. The highest BCUT2D eigenvalue weighted by Gasteiger charge is 2.25. The lowest BCUT2D eigenvalue weighted by molar-refractivity contribution is 0.0706. The number of rotatable bonds is 7. The van der Waals surface area contributed by atoms with Crippen LogP contribution in [-0.2, 0) is 0 Å². The maximum absolute atomic E-state index is 13.0. The maximum Gasteiger partial charge on any atom is 0.272 e. The predicted molar refractivity (Wildman–Crippen MR) is 161 cm³/mol. The second-order valence-electron chi connectivity index (χ2n) is 11.2. The van der Waals surface area contributed by atoms with E-state index in [2.05, 4.69) is 51.3 Å². The van der Waals surface area contributed by atoms with Crippen LogP contribution in [-0.4, -0.2) is 72.4 Å². The number of carbonyl (C=O) groups excluding carboxylic acids is 2. The molecule has 0 aliphatic carbocycles. The number of piperazine rings is 1. The van der Waals surface area contributed by atoms with Crippen molar-refractivity contribution in [3.05, 3.63) is 88.7 Å². The van der Waals surface area contributed by atoms with E-state index >= 15 is 0 Å². The number of pyridine rings is 1. The first-order valence-corrected chi connectivity index (χ1v) is 14.6. The van der Waals surface area contributed by atoms with Gasteiger partial charge in [-0.05, 0) is 105 Å². The first kappa shape index (κ1) is 27.8. The Hall–Kier alpha value is -3.71. The molecule has 2 fully saturated rings. The van der Waals surface area contributed by atoms with Crippen LogP contribution in [0.3, 0.4) is 0 Å². The van der Waals surface area contributed by atoms with E-state index in [1.807, 2.05) is 55.1 Å². The second-order valence-corrected chi connectivity index (χ2v) is 11.2. The molecule has 0 saturated carbocycles. The Labute approximate surface area is 238 Å². The summed E-state index contributed by atoms with van der Waals surface area (Å²) >= 11 is 0. The molecule has 7 nitrogen and oxygen atoms in total. The summed E-state index contributed by atoms with van der Waals surface area (Å²) in [5.74, 6) is 0.321. The number of nitrogens with one attached hydrogen (secondary N) is 1. The molecule has 0 radical (unpaired) electrons. The molecule has 0 spiro atoms. The number of piperidine rings is 1. The maximum atomic E-state index is 13.0. The van der Waals surface area contributed by atoms with Crippen LogP contribution in [0.4, 0.5) is 11.4 Å². The molecular weight excluding hydrogens is 498 g/mol. The number of hydrogen-bond donors (Lipinski definition) is 1. The van der Waals surface area contributed by atoms with Gasteiger partial charge in [-0.3, -0.25) is 14.5 Å². The smallest absolute Gasteiger partial charge is 0.272 e. The van der Waals surface area contributed by atoms with Gasteiger partial charge in [0.25, 0.3) is 11.8 Å². The van der Waals surface area contributed by atoms with E-state index in [0.717, 1.165) is 69.1 Å². The first-order valence-electron chi connectivity index (χ1n) is 14.6. The summed E-state index contributed by atoms with van der Waals surface area (Å²) in [6, 6.07) is 20.0. The van der Waals surface area contributed by atoms with Gasteiger partial charge in [0.1, 0.15) is 5.69 Å². The molecule has 1 N–H and O–H groups in total. The molecule has 5 rings (SSSR count). The minimum absolute atomic E-state index is 0.0193. The standard InChI is InChI=1S/C33H41N5O2/c1-4-15-36-18-20-37(21-19-36)30-11-7-28(8-12-30)32(39)35-29-9-5-26(6-10-29)27-13-16-38(17-14-27)33(40)31-23-24(2)22-25(3)34-31/h5-12,22-23,27H,4,13-21H2,1-3H3,(H,35,39). The highest BCUT2D eigenvalue weighted by atomic mass is 16.2. The summed E-state index contributed by atoms with van der Waals surface area (Å²) in [6.07, 6.45) is 3.03. The van der Waals surface area contributed by atoms with Crippen molar-refractivity contribution < 1.29 is 9.59 Å². The minimum Gasteiger partial charge on any atom is -0.369 e. The van der Waals surface area contributed by atoms with E-state index in [9.17, 15) is 9.59 Å². The Morgan fingerprint density at radius 1 is 0.875 bits per heavy atom. The van der Waals surface area contributed by atoms with Crippen LogP contribution in [0.15, 0.2) is 60.7 Å². The fourth-order valence-corrected chi connectivity index (χ4v) is 5.94. The van der Waals surface area contributed by atoms with E-state index in [-0.39, 0.29) is 11.8 Å². The van der Waals surface area contributed by atoms with Crippen LogP contribution >= 0.6 is 0 Å². The molecule has 0 bridgehead atoms. The predicted octanol–water partition coefficient (Wildman–Crippen LogP) is 5.50. The van der Waals surface area contributed by atoms with Gasteiger partial charge in [-0.1, -0.05) is 19.1 Å². The van der Waals surface area contributed by atoms with Gasteiger partial charge in [0.2, 0.25) is 0 Å². The van der Waals surface area contributed by atoms with Gasteiger partial charge in [0.05, 0.1) is 0 Å². The summed E-state index contributed by atoms with van der Waals surface area (Å²) < 4.78 is 0. The fraction of sp³-hybridized carbons (Fsp3) is 0.424. The van der Waals surface area contributed by atoms with E-state index < -0.39 is 0 Å². The number of benzene rings is 2. The van der Waals surface area contributed by atoms with Gasteiger partial charge in [0.15, 0.2) is 0 Å². The molecule has 0 atom stereocenters. The lowest BCUT2D eigenvalue weighted by Gasteiger charge is -2.36. The van der Waals surface area contributed by atoms with Crippen molar-refractivity contribution >= 4 is 23.2 Å². The Morgan fingerprint density at radius 3 is 2.17 bits per heavy atom. The number of likely N-dealkylation sites (tertiary alicyclic amines) is 1. The number of carbonyl (C=O) groups is 2. The van der Waals surface area contributed by atoms with E-state index in [0.29, 0.717) is 17.2 Å². The Morgan fingerprint density at radius 2 is 1.55 bits per heavy atom. The quantitative estimate of drug-likeness (QED) is 0.429. The van der Waals surface area contributed by atoms with E-state index in [1.54, 1.807) is 0 Å². The van der Waals surface area contributed by atoms with Crippen LogP contribution in [0.2, 0.25) is 0 Å². The van der Waals surface area contributed by atoms with Crippen LogP contribution in [0.5, 0.6) is 0 Å². The molecule has 0 unspecified atom stereocenters. The molecule has 40 heavy (non-hydrogen) atoms. The van der Waals surface area contributed by atoms with Crippen molar-refractivity contribution in [3.63, 3.8) is 0 Å². The lowest BCUT2D eigenvalue weighted by atomic mass is 9.89. The van der Waals surface area contributed by atoms with Crippen molar-refractivity contribution in [2.45, 2.75) is 46.0 Å². The topological polar surface area (TPSA) is 68.8 Å². The third kappa shape index (κ3) is 6.70. The number of anilines is 2. The van der Waals surface area contributed by atoms with Gasteiger partial charge < -0.3 is 15.1 Å². The molecule has 1 aromatic heterocycles. The molecule has 2 saturated heterocycles. The number of aryl methyl sites for hydroxylation is 2. The number of nitrogens with zero attached hydrogens (tertiary/aromatic N) is 4. The largest absolute Gasteiger partial charge is 0.369 e. The van der Waals surface area contributed by atoms with Gasteiger partial charge in [-0.15, -0.1) is 0 Å². The van der Waals surface area contributed by atoms with Gasteiger partial charge in [-0.25, -0.2) is 4.98 Å². The summed E-state index contributed by atoms with van der Waals surface area (Å²) in [5, 5.41) is 3.04. The molecule has 3 heterocycles. The average molecular weight is 540 g/mol. The highest BCUT2D eigenvalue weighted by Crippen LogP contribution is 2.29. The summed E-state index contributed by atoms with van der Waals surface area (Å²) in [4.78, 5) is 37.1. The first-order chi connectivity index (χ1) is 19.4. The number of aromatic nitrogens is 1. The summed E-state index contributed by atoms with van der Waals surface area (Å²) in [5.41, 5.74) is 6.35. The number of amides is 2. The molecule has 3 aromatic rings. The molecule has 2 aromatic carbocycles. The average Bonchev–Trinajstić information content (AvgIpc) is 2.97. The lowest BCUT2D eigenvalue weighted by Crippen LogP contribution is -2.46. The molecule has 210 valence electrons. The van der Waals surface area contributed by atoms with Gasteiger partial charge in [-0.2, -0.15) is 0 Å². The molecule has 2 aliphatic rings. The monoisotopic (exact) mass is 539 g/mol. The van der Waals surface area contributed by atoms with Crippen molar-refractivity contribution in [2.75, 3.05) is 56.0 Å². The second kappa shape index (κ2) is 12.6. The Balaban J connectivity index is 1.11. The molecule has 7 heteroatoms. The zero-order valence-corrected chi connectivity index (χ0v) is 24.0. The van der Waals surface area contributed by atoms with Crippen molar-refractivity contribution in [2.24, 2.45) is 0 Å². The van der Waals surface area contributed by atoms with E-state index in [1.165, 1.54) is 24.2 Å².